The lowest BCUT2D eigenvalue weighted by atomic mass is 10.1. The van der Waals surface area contributed by atoms with Crippen molar-refractivity contribution in [1.82, 2.24) is 9.78 Å². The number of carbonyl (C=O) groups is 1. The number of piperazine rings is 1. The van der Waals surface area contributed by atoms with Gasteiger partial charge >= 0.3 is 0 Å². The number of amides is 1. The number of hydrogen-bond donors (Lipinski definition) is 0. The number of rotatable bonds is 3. The van der Waals surface area contributed by atoms with Crippen LogP contribution in [-0.2, 0) is 11.8 Å². The highest BCUT2D eigenvalue weighted by molar-refractivity contribution is 5.97. The zero-order valence-electron chi connectivity index (χ0n) is 13.0. The van der Waals surface area contributed by atoms with Crippen molar-refractivity contribution in [2.45, 2.75) is 6.92 Å². The minimum Gasteiger partial charge on any atom is -0.355 e. The third-order valence-electron chi connectivity index (χ3n) is 3.89. The van der Waals surface area contributed by atoms with Crippen LogP contribution in [0.1, 0.15) is 5.56 Å². The first-order valence-electron chi connectivity index (χ1n) is 7.24. The fraction of sp³-hybridized carbons (Fsp3) is 0.333. The smallest absolute Gasteiger partial charge is 0.292 e. The zero-order valence-corrected chi connectivity index (χ0v) is 13.0. The molecule has 3 rings (SSSR count). The molecule has 23 heavy (non-hydrogen) atoms. The standard InChI is InChI=1S/C15H17N5O3/c1-11-3-4-13(14(7-11)20(22)23)18-5-6-19(15(21)10-18)12-8-16-17(2)9-12/h3-4,7-9H,5-6,10H2,1-2H3. The highest BCUT2D eigenvalue weighted by Crippen LogP contribution is 2.30. The summed E-state index contributed by atoms with van der Waals surface area (Å²) in [4.78, 5) is 26.7. The molecule has 0 atom stereocenters. The van der Waals surface area contributed by atoms with Gasteiger partial charge in [-0.05, 0) is 18.6 Å². The van der Waals surface area contributed by atoms with E-state index in [4.69, 9.17) is 0 Å². The molecule has 1 aromatic heterocycles. The Morgan fingerprint density at radius 1 is 1.30 bits per heavy atom. The van der Waals surface area contributed by atoms with Crippen LogP contribution in [0.25, 0.3) is 0 Å². The van der Waals surface area contributed by atoms with Crippen LogP contribution in [0.5, 0.6) is 0 Å². The van der Waals surface area contributed by atoms with Gasteiger partial charge in [-0.25, -0.2) is 0 Å². The van der Waals surface area contributed by atoms with E-state index < -0.39 is 4.92 Å². The molecule has 120 valence electrons. The maximum atomic E-state index is 12.4. The molecule has 0 aliphatic carbocycles. The van der Waals surface area contributed by atoms with Crippen molar-refractivity contribution < 1.29 is 9.72 Å². The molecule has 1 aliphatic heterocycles. The Morgan fingerprint density at radius 3 is 2.70 bits per heavy atom. The average molecular weight is 315 g/mol. The Balaban J connectivity index is 1.83. The van der Waals surface area contributed by atoms with Crippen molar-refractivity contribution in [2.24, 2.45) is 7.05 Å². The van der Waals surface area contributed by atoms with Gasteiger partial charge in [0.05, 0.1) is 23.4 Å². The van der Waals surface area contributed by atoms with Gasteiger partial charge in [0.2, 0.25) is 5.91 Å². The maximum Gasteiger partial charge on any atom is 0.292 e. The SMILES string of the molecule is Cc1ccc(N2CCN(c3cnn(C)c3)C(=O)C2)c([N+](=O)[O-])c1. The minimum atomic E-state index is -0.402. The predicted molar refractivity (Wildman–Crippen MR) is 85.6 cm³/mol. The first kappa shape index (κ1) is 15.0. The summed E-state index contributed by atoms with van der Waals surface area (Å²) < 4.78 is 1.64. The van der Waals surface area contributed by atoms with Crippen LogP contribution >= 0.6 is 0 Å². The second kappa shape index (κ2) is 5.71. The van der Waals surface area contributed by atoms with E-state index >= 15 is 0 Å². The van der Waals surface area contributed by atoms with Gasteiger partial charge in [0.15, 0.2) is 0 Å². The van der Waals surface area contributed by atoms with E-state index in [0.717, 1.165) is 11.3 Å². The summed E-state index contributed by atoms with van der Waals surface area (Å²) in [6.07, 6.45) is 3.42. The van der Waals surface area contributed by atoms with E-state index in [1.165, 1.54) is 6.07 Å². The first-order chi connectivity index (χ1) is 11.0. The molecule has 2 aromatic rings. The van der Waals surface area contributed by atoms with Crippen LogP contribution in [0.15, 0.2) is 30.6 Å². The third kappa shape index (κ3) is 2.87. The largest absolute Gasteiger partial charge is 0.355 e. The van der Waals surface area contributed by atoms with Gasteiger partial charge in [0.25, 0.3) is 5.69 Å². The van der Waals surface area contributed by atoms with E-state index in [0.29, 0.717) is 18.8 Å². The Bertz CT molecular complexity index is 770. The highest BCUT2D eigenvalue weighted by Gasteiger charge is 2.29. The number of nitrogens with zero attached hydrogens (tertiary/aromatic N) is 5. The van der Waals surface area contributed by atoms with Gasteiger partial charge in [-0.2, -0.15) is 5.10 Å². The molecule has 2 heterocycles. The molecule has 0 radical (unpaired) electrons. The molecule has 0 spiro atoms. The number of carbonyl (C=O) groups excluding carboxylic acids is 1. The van der Waals surface area contributed by atoms with Gasteiger partial charge in [-0.3, -0.25) is 19.6 Å². The minimum absolute atomic E-state index is 0.0348. The van der Waals surface area contributed by atoms with E-state index in [1.54, 1.807) is 40.0 Å². The van der Waals surface area contributed by atoms with Crippen LogP contribution in [0.3, 0.4) is 0 Å². The Hall–Kier alpha value is -2.90. The Labute approximate surface area is 133 Å². The van der Waals surface area contributed by atoms with Crippen molar-refractivity contribution in [3.05, 3.63) is 46.3 Å². The van der Waals surface area contributed by atoms with E-state index in [2.05, 4.69) is 5.10 Å². The second-order valence-corrected chi connectivity index (χ2v) is 5.59. The van der Waals surface area contributed by atoms with Crippen LogP contribution in [-0.4, -0.2) is 40.2 Å². The Morgan fingerprint density at radius 2 is 2.09 bits per heavy atom. The van der Waals surface area contributed by atoms with Gasteiger partial charge in [0.1, 0.15) is 5.69 Å². The lowest BCUT2D eigenvalue weighted by molar-refractivity contribution is -0.384. The van der Waals surface area contributed by atoms with Crippen LogP contribution in [0, 0.1) is 17.0 Å². The molecule has 8 nitrogen and oxygen atoms in total. The normalized spacial score (nSPS) is 15.1. The summed E-state index contributed by atoms with van der Waals surface area (Å²) >= 11 is 0. The van der Waals surface area contributed by atoms with Crippen LogP contribution in [0.2, 0.25) is 0 Å². The number of hydrogen-bond acceptors (Lipinski definition) is 5. The number of anilines is 2. The summed E-state index contributed by atoms with van der Waals surface area (Å²) in [7, 11) is 1.79. The first-order valence-corrected chi connectivity index (χ1v) is 7.24. The third-order valence-corrected chi connectivity index (χ3v) is 3.89. The molecule has 1 aromatic carbocycles. The topological polar surface area (TPSA) is 84.5 Å². The zero-order chi connectivity index (χ0) is 16.6. The number of nitro benzene ring substituents is 1. The van der Waals surface area contributed by atoms with Crippen molar-refractivity contribution in [2.75, 3.05) is 29.4 Å². The molecule has 0 bridgehead atoms. The van der Waals surface area contributed by atoms with Crippen molar-refractivity contribution in [3.63, 3.8) is 0 Å². The Kier molecular flexibility index (Phi) is 3.73. The summed E-state index contributed by atoms with van der Waals surface area (Å²) in [5.74, 6) is -0.0980. The summed E-state index contributed by atoms with van der Waals surface area (Å²) in [5.41, 5.74) is 2.09. The van der Waals surface area contributed by atoms with Crippen molar-refractivity contribution in [1.29, 1.82) is 0 Å². The average Bonchev–Trinajstić information content (AvgIpc) is 2.93. The van der Waals surface area contributed by atoms with Gasteiger partial charge in [0, 0.05) is 32.4 Å². The number of aromatic nitrogens is 2. The molecule has 1 aliphatic rings. The van der Waals surface area contributed by atoms with E-state index in [-0.39, 0.29) is 18.1 Å². The quantitative estimate of drug-likeness (QED) is 0.633. The van der Waals surface area contributed by atoms with Crippen LogP contribution in [0.4, 0.5) is 17.1 Å². The maximum absolute atomic E-state index is 12.4. The summed E-state index contributed by atoms with van der Waals surface area (Å²) in [6.45, 7) is 2.92. The number of benzene rings is 1. The molecule has 1 fully saturated rings. The lowest BCUT2D eigenvalue weighted by Gasteiger charge is -2.34. The highest BCUT2D eigenvalue weighted by atomic mass is 16.6. The molecular formula is C15H17N5O3. The summed E-state index contributed by atoms with van der Waals surface area (Å²) in [5, 5.41) is 15.3. The molecule has 8 heteroatoms. The van der Waals surface area contributed by atoms with Gasteiger partial charge < -0.3 is 9.80 Å². The van der Waals surface area contributed by atoms with E-state index in [9.17, 15) is 14.9 Å². The van der Waals surface area contributed by atoms with Crippen molar-refractivity contribution >= 4 is 23.0 Å². The fourth-order valence-corrected chi connectivity index (χ4v) is 2.75. The van der Waals surface area contributed by atoms with Gasteiger partial charge in [-0.1, -0.05) is 6.07 Å². The molecular weight excluding hydrogens is 298 g/mol. The van der Waals surface area contributed by atoms with E-state index in [1.807, 2.05) is 13.0 Å². The molecule has 0 saturated carbocycles. The van der Waals surface area contributed by atoms with Crippen LogP contribution < -0.4 is 9.80 Å². The lowest BCUT2D eigenvalue weighted by Crippen LogP contribution is -2.50. The van der Waals surface area contributed by atoms with Crippen molar-refractivity contribution in [3.8, 4) is 0 Å². The monoisotopic (exact) mass is 315 g/mol. The number of aryl methyl sites for hydroxylation is 2. The molecule has 1 saturated heterocycles. The van der Waals surface area contributed by atoms with Gasteiger partial charge in [-0.15, -0.1) is 0 Å². The summed E-state index contributed by atoms with van der Waals surface area (Å²) in [6, 6.07) is 5.06. The molecule has 1 amide bonds. The number of nitro groups is 1. The molecule has 0 unspecified atom stereocenters. The molecule has 0 N–H and O–H groups in total. The second-order valence-electron chi connectivity index (χ2n) is 5.59. The fourth-order valence-electron chi connectivity index (χ4n) is 2.75. The predicted octanol–water partition coefficient (Wildman–Crippen LogP) is 1.49.